The molecule has 1 unspecified atom stereocenters. The van der Waals surface area contributed by atoms with Crippen LogP contribution >= 0.6 is 0 Å². The molecule has 112 valence electrons. The van der Waals surface area contributed by atoms with Crippen LogP contribution in [0.5, 0.6) is 0 Å². The highest BCUT2D eigenvalue weighted by Crippen LogP contribution is 2.32. The standard InChI is InChI=1S/C15H29NO3/c1-15(2,3)16-10-12(8-13(16)11-19-5)9-14(17)6-7-18-4/h12-13H,6-11H2,1-5H3/t12-,13?/m0/s1. The zero-order chi connectivity index (χ0) is 14.5. The number of Topliss-reactive ketones (excluding diaryl/α,β-unsaturated/α-hetero) is 1. The summed E-state index contributed by atoms with van der Waals surface area (Å²) in [6.07, 6.45) is 2.28. The fourth-order valence-electron chi connectivity index (χ4n) is 2.97. The van der Waals surface area contributed by atoms with E-state index in [1.54, 1.807) is 14.2 Å². The number of likely N-dealkylation sites (tertiary alicyclic amines) is 1. The first-order valence-electron chi connectivity index (χ1n) is 7.14. The molecule has 0 aliphatic carbocycles. The van der Waals surface area contributed by atoms with Crippen LogP contribution in [0.2, 0.25) is 0 Å². The summed E-state index contributed by atoms with van der Waals surface area (Å²) in [7, 11) is 3.39. The van der Waals surface area contributed by atoms with Gasteiger partial charge in [0.1, 0.15) is 5.78 Å². The number of carbonyl (C=O) groups excluding carboxylic acids is 1. The fourth-order valence-corrected chi connectivity index (χ4v) is 2.97. The Morgan fingerprint density at radius 1 is 1.26 bits per heavy atom. The minimum Gasteiger partial charge on any atom is -0.384 e. The number of rotatable bonds is 7. The molecule has 4 nitrogen and oxygen atoms in total. The van der Waals surface area contributed by atoms with Crippen molar-refractivity contribution < 1.29 is 14.3 Å². The lowest BCUT2D eigenvalue weighted by atomic mass is 9.98. The summed E-state index contributed by atoms with van der Waals surface area (Å²) in [5.74, 6) is 0.780. The first-order valence-corrected chi connectivity index (χ1v) is 7.14. The maximum absolute atomic E-state index is 11.8. The molecule has 0 aromatic rings. The second-order valence-corrected chi connectivity index (χ2v) is 6.52. The molecule has 1 rings (SSSR count). The molecule has 0 spiro atoms. The van der Waals surface area contributed by atoms with E-state index >= 15 is 0 Å². The van der Waals surface area contributed by atoms with Crippen LogP contribution < -0.4 is 0 Å². The van der Waals surface area contributed by atoms with Gasteiger partial charge in [-0.15, -0.1) is 0 Å². The van der Waals surface area contributed by atoms with Gasteiger partial charge in [0, 0.05) is 45.2 Å². The van der Waals surface area contributed by atoms with Crippen LogP contribution in [0.15, 0.2) is 0 Å². The van der Waals surface area contributed by atoms with E-state index in [1.807, 2.05) is 0 Å². The minimum absolute atomic E-state index is 0.132. The quantitative estimate of drug-likeness (QED) is 0.711. The Morgan fingerprint density at radius 3 is 2.47 bits per heavy atom. The zero-order valence-electron chi connectivity index (χ0n) is 13.1. The van der Waals surface area contributed by atoms with Crippen molar-refractivity contribution >= 4 is 5.78 Å². The average molecular weight is 271 g/mol. The van der Waals surface area contributed by atoms with Crippen molar-refractivity contribution in [3.63, 3.8) is 0 Å². The van der Waals surface area contributed by atoms with Crippen LogP contribution in [0.1, 0.15) is 40.0 Å². The molecule has 19 heavy (non-hydrogen) atoms. The molecule has 1 heterocycles. The summed E-state index contributed by atoms with van der Waals surface area (Å²) in [4.78, 5) is 14.3. The summed E-state index contributed by atoms with van der Waals surface area (Å²) in [6.45, 7) is 8.96. The first kappa shape index (κ1) is 16.6. The molecule has 1 aliphatic heterocycles. The van der Waals surface area contributed by atoms with Crippen LogP contribution in [-0.2, 0) is 14.3 Å². The Balaban J connectivity index is 2.52. The number of methoxy groups -OCH3 is 2. The molecule has 1 aliphatic rings. The van der Waals surface area contributed by atoms with Crippen LogP contribution in [0, 0.1) is 5.92 Å². The Hall–Kier alpha value is -0.450. The number of hydrogen-bond acceptors (Lipinski definition) is 4. The third-order valence-corrected chi connectivity index (χ3v) is 3.82. The van der Waals surface area contributed by atoms with Gasteiger partial charge in [0.05, 0.1) is 13.2 Å². The second kappa shape index (κ2) is 7.36. The van der Waals surface area contributed by atoms with Crippen molar-refractivity contribution in [1.82, 2.24) is 4.90 Å². The monoisotopic (exact) mass is 271 g/mol. The van der Waals surface area contributed by atoms with Gasteiger partial charge >= 0.3 is 0 Å². The summed E-state index contributed by atoms with van der Waals surface area (Å²) >= 11 is 0. The second-order valence-electron chi connectivity index (χ2n) is 6.52. The maximum atomic E-state index is 11.8. The Morgan fingerprint density at radius 2 is 1.95 bits per heavy atom. The van der Waals surface area contributed by atoms with Gasteiger partial charge in [-0.05, 0) is 33.1 Å². The maximum Gasteiger partial charge on any atom is 0.135 e. The Bertz CT molecular complexity index is 286. The molecule has 0 bridgehead atoms. The molecule has 0 radical (unpaired) electrons. The third kappa shape index (κ3) is 5.21. The van der Waals surface area contributed by atoms with E-state index in [4.69, 9.17) is 9.47 Å². The number of ketones is 1. The van der Waals surface area contributed by atoms with E-state index in [1.165, 1.54) is 0 Å². The van der Waals surface area contributed by atoms with Crippen LogP contribution in [0.25, 0.3) is 0 Å². The van der Waals surface area contributed by atoms with Crippen LogP contribution in [0.4, 0.5) is 0 Å². The zero-order valence-corrected chi connectivity index (χ0v) is 13.1. The predicted molar refractivity (Wildman–Crippen MR) is 76.3 cm³/mol. The van der Waals surface area contributed by atoms with Gasteiger partial charge in [0.25, 0.3) is 0 Å². The molecular formula is C15H29NO3. The predicted octanol–water partition coefficient (Wildman–Crippen LogP) is 2.12. The molecular weight excluding hydrogens is 242 g/mol. The van der Waals surface area contributed by atoms with Crippen molar-refractivity contribution in [3.8, 4) is 0 Å². The highest BCUT2D eigenvalue weighted by atomic mass is 16.5. The minimum atomic E-state index is 0.132. The molecule has 0 aromatic heterocycles. The highest BCUT2D eigenvalue weighted by molar-refractivity contribution is 5.78. The smallest absolute Gasteiger partial charge is 0.135 e. The van der Waals surface area contributed by atoms with Crippen LogP contribution in [0.3, 0.4) is 0 Å². The number of nitrogens with zero attached hydrogens (tertiary/aromatic N) is 1. The van der Waals surface area contributed by atoms with Crippen LogP contribution in [-0.4, -0.2) is 56.2 Å². The SMILES string of the molecule is COCCC(=O)C[C@@H]1CC(COC)N(C(C)(C)C)C1. The summed E-state index contributed by atoms with van der Waals surface area (Å²) < 4.78 is 10.3. The summed E-state index contributed by atoms with van der Waals surface area (Å²) in [5.41, 5.74) is 0.132. The molecule has 4 heteroatoms. The lowest BCUT2D eigenvalue weighted by molar-refractivity contribution is -0.120. The van der Waals surface area contributed by atoms with Gasteiger partial charge < -0.3 is 9.47 Å². The lowest BCUT2D eigenvalue weighted by Crippen LogP contribution is -2.46. The molecule has 0 saturated carbocycles. The summed E-state index contributed by atoms with van der Waals surface area (Å²) in [5, 5.41) is 0. The third-order valence-electron chi connectivity index (χ3n) is 3.82. The van der Waals surface area contributed by atoms with E-state index in [0.717, 1.165) is 19.6 Å². The van der Waals surface area contributed by atoms with Crippen molar-refractivity contribution in [3.05, 3.63) is 0 Å². The normalized spacial score (nSPS) is 24.9. The largest absolute Gasteiger partial charge is 0.384 e. The van der Waals surface area contributed by atoms with Crippen molar-refractivity contribution in [2.75, 3.05) is 34.0 Å². The van der Waals surface area contributed by atoms with Gasteiger partial charge in [-0.1, -0.05) is 0 Å². The molecule has 0 aromatic carbocycles. The molecule has 0 amide bonds. The fraction of sp³-hybridized carbons (Fsp3) is 0.933. The van der Waals surface area contributed by atoms with E-state index in [0.29, 0.717) is 37.2 Å². The first-order chi connectivity index (χ1) is 8.88. The topological polar surface area (TPSA) is 38.8 Å². The van der Waals surface area contributed by atoms with E-state index in [-0.39, 0.29) is 5.54 Å². The molecule has 0 N–H and O–H groups in total. The van der Waals surface area contributed by atoms with Gasteiger partial charge in [-0.25, -0.2) is 0 Å². The van der Waals surface area contributed by atoms with Gasteiger partial charge in [0.2, 0.25) is 0 Å². The van der Waals surface area contributed by atoms with E-state index < -0.39 is 0 Å². The van der Waals surface area contributed by atoms with Crippen molar-refractivity contribution in [2.24, 2.45) is 5.92 Å². The van der Waals surface area contributed by atoms with E-state index in [9.17, 15) is 4.79 Å². The summed E-state index contributed by atoms with van der Waals surface area (Å²) in [6, 6.07) is 0.435. The van der Waals surface area contributed by atoms with Crippen molar-refractivity contribution in [2.45, 2.75) is 51.6 Å². The average Bonchev–Trinajstić information content (AvgIpc) is 2.69. The lowest BCUT2D eigenvalue weighted by Gasteiger charge is -2.36. The number of ether oxygens (including phenoxy) is 2. The van der Waals surface area contributed by atoms with Gasteiger partial charge in [-0.3, -0.25) is 9.69 Å². The molecule has 1 saturated heterocycles. The van der Waals surface area contributed by atoms with Crippen molar-refractivity contribution in [1.29, 1.82) is 0 Å². The van der Waals surface area contributed by atoms with Gasteiger partial charge in [0.15, 0.2) is 0 Å². The highest BCUT2D eigenvalue weighted by Gasteiger charge is 2.38. The van der Waals surface area contributed by atoms with E-state index in [2.05, 4.69) is 25.7 Å². The number of carbonyl (C=O) groups is 1. The Kier molecular flexibility index (Phi) is 6.43. The number of hydrogen-bond donors (Lipinski definition) is 0. The molecule has 1 fully saturated rings. The van der Waals surface area contributed by atoms with Gasteiger partial charge in [-0.2, -0.15) is 0 Å². The molecule has 2 atom stereocenters. The Labute approximate surface area is 117 Å².